The third-order valence-electron chi connectivity index (χ3n) is 10.5. The number of fused-ring (bicyclic) bond motifs is 6. The Morgan fingerprint density at radius 3 is 2.55 bits per heavy atom. The van der Waals surface area contributed by atoms with Gasteiger partial charge in [-0.05, 0) is 83.5 Å². The molecule has 0 radical (unpaired) electrons. The van der Waals surface area contributed by atoms with Gasteiger partial charge in [-0.25, -0.2) is 4.98 Å². The summed E-state index contributed by atoms with van der Waals surface area (Å²) in [6.07, 6.45) is 26.4. The summed E-state index contributed by atoms with van der Waals surface area (Å²) in [4.78, 5) is 7.58. The number of allylic oxidation sites excluding steroid dienone is 11. The van der Waals surface area contributed by atoms with Crippen LogP contribution >= 0.6 is 0 Å². The monoisotopic (exact) mass is 630 g/mol. The molecular weight excluding hydrogens is 597 g/mol. The summed E-state index contributed by atoms with van der Waals surface area (Å²) >= 11 is 0. The highest BCUT2D eigenvalue weighted by molar-refractivity contribution is 6.15. The molecule has 4 aliphatic rings. The standard InChI is InChI=1S/C46H34N2O/c1-3-12-30(13-4-1)32-22-23-33-27-35(26-32)48(43-20-10-8-16-36(33)43)34-24-25-39-45(28-34)49-44-21-11-18-38(46(39)44)40-29-42(31-14-5-2-6-15-31)47-41-19-9-7-17-37(40)41/h1-7,9-12,14-15,17-30,35H,8,13,16H2. The molecule has 49 heavy (non-hydrogen) atoms. The zero-order chi connectivity index (χ0) is 32.3. The molecule has 234 valence electrons. The SMILES string of the molecule is C1=CCC(C2=CC3C=C(C=C2)C2=C(C=CCC2)N3c2ccc3c(c2)oc2cccc(-c4cc(-c5ccccc5)nc5ccccc45)c23)C=C1. The maximum atomic E-state index is 6.72. The molecule has 0 spiro atoms. The van der Waals surface area contributed by atoms with Gasteiger partial charge in [0.15, 0.2) is 0 Å². The van der Waals surface area contributed by atoms with E-state index in [1.165, 1.54) is 22.4 Å². The molecule has 2 unspecified atom stereocenters. The lowest BCUT2D eigenvalue weighted by Crippen LogP contribution is -2.36. The van der Waals surface area contributed by atoms with E-state index in [4.69, 9.17) is 9.40 Å². The number of hydrogen-bond acceptors (Lipinski definition) is 3. The first kappa shape index (κ1) is 28.1. The van der Waals surface area contributed by atoms with Crippen LogP contribution in [-0.4, -0.2) is 11.0 Å². The van der Waals surface area contributed by atoms with Gasteiger partial charge in [0.1, 0.15) is 11.2 Å². The lowest BCUT2D eigenvalue weighted by molar-refractivity contribution is 0.668. The first-order valence-corrected chi connectivity index (χ1v) is 17.3. The van der Waals surface area contributed by atoms with Gasteiger partial charge < -0.3 is 9.32 Å². The summed E-state index contributed by atoms with van der Waals surface area (Å²) in [5, 5.41) is 3.39. The first-order chi connectivity index (χ1) is 24.3. The highest BCUT2D eigenvalue weighted by atomic mass is 16.3. The van der Waals surface area contributed by atoms with E-state index in [-0.39, 0.29) is 6.04 Å². The van der Waals surface area contributed by atoms with Crippen LogP contribution in [0.4, 0.5) is 5.69 Å². The second kappa shape index (κ2) is 11.4. The van der Waals surface area contributed by atoms with Crippen molar-refractivity contribution < 1.29 is 4.42 Å². The van der Waals surface area contributed by atoms with Crippen LogP contribution in [0.3, 0.4) is 0 Å². The molecule has 1 aliphatic heterocycles. The third-order valence-corrected chi connectivity index (χ3v) is 10.5. The van der Waals surface area contributed by atoms with Gasteiger partial charge in [-0.1, -0.05) is 115 Å². The van der Waals surface area contributed by atoms with Crippen molar-refractivity contribution in [1.29, 1.82) is 0 Å². The fourth-order valence-electron chi connectivity index (χ4n) is 8.14. The van der Waals surface area contributed by atoms with Crippen molar-refractivity contribution in [3.8, 4) is 22.4 Å². The number of furan rings is 1. The van der Waals surface area contributed by atoms with Crippen LogP contribution in [0.25, 0.3) is 55.2 Å². The molecule has 3 aliphatic carbocycles. The molecule has 3 nitrogen and oxygen atoms in total. The van der Waals surface area contributed by atoms with Crippen molar-refractivity contribution >= 4 is 38.5 Å². The van der Waals surface area contributed by atoms with Crippen LogP contribution in [0.2, 0.25) is 0 Å². The Balaban J connectivity index is 1.13. The Labute approximate surface area is 285 Å². The van der Waals surface area contributed by atoms with Crippen LogP contribution in [0.15, 0.2) is 185 Å². The molecule has 2 atom stereocenters. The van der Waals surface area contributed by atoms with E-state index >= 15 is 0 Å². The third kappa shape index (κ3) is 4.69. The van der Waals surface area contributed by atoms with Gasteiger partial charge in [0.25, 0.3) is 0 Å². The highest BCUT2D eigenvalue weighted by Gasteiger charge is 2.31. The van der Waals surface area contributed by atoms with Gasteiger partial charge in [-0.3, -0.25) is 0 Å². The summed E-state index contributed by atoms with van der Waals surface area (Å²) < 4.78 is 6.72. The molecule has 3 heterocycles. The molecule has 6 aromatic rings. The molecule has 4 aromatic carbocycles. The van der Waals surface area contributed by atoms with Crippen molar-refractivity contribution in [3.05, 3.63) is 180 Å². The van der Waals surface area contributed by atoms with E-state index in [1.54, 1.807) is 0 Å². The Kier molecular flexibility index (Phi) is 6.51. The Hall–Kier alpha value is -5.93. The maximum absolute atomic E-state index is 6.72. The van der Waals surface area contributed by atoms with E-state index in [0.717, 1.165) is 80.2 Å². The van der Waals surface area contributed by atoms with Crippen LogP contribution in [0.1, 0.15) is 19.3 Å². The van der Waals surface area contributed by atoms with E-state index in [0.29, 0.717) is 5.92 Å². The van der Waals surface area contributed by atoms with Gasteiger partial charge in [0.05, 0.1) is 17.3 Å². The van der Waals surface area contributed by atoms with Crippen LogP contribution < -0.4 is 4.90 Å². The van der Waals surface area contributed by atoms with E-state index < -0.39 is 0 Å². The fraction of sp³-hybridized carbons (Fsp3) is 0.109. The molecule has 10 rings (SSSR count). The van der Waals surface area contributed by atoms with Gasteiger partial charge in [0.2, 0.25) is 0 Å². The normalized spacial score (nSPS) is 19.8. The fourth-order valence-corrected chi connectivity index (χ4v) is 8.14. The number of anilines is 1. The molecule has 0 saturated heterocycles. The van der Waals surface area contributed by atoms with Crippen LogP contribution in [0, 0.1) is 5.92 Å². The van der Waals surface area contributed by atoms with Gasteiger partial charge in [-0.2, -0.15) is 0 Å². The maximum Gasteiger partial charge on any atom is 0.137 e. The molecular formula is C46H34N2O. The average Bonchev–Trinajstić information content (AvgIpc) is 3.44. The van der Waals surface area contributed by atoms with Crippen molar-refractivity contribution in [3.63, 3.8) is 0 Å². The number of para-hydroxylation sites is 1. The lowest BCUT2D eigenvalue weighted by atomic mass is 9.88. The number of pyridine rings is 1. The topological polar surface area (TPSA) is 29.3 Å². The minimum absolute atomic E-state index is 0.109. The molecule has 0 fully saturated rings. The predicted octanol–water partition coefficient (Wildman–Crippen LogP) is 11.8. The summed E-state index contributed by atoms with van der Waals surface area (Å²) in [6, 6.07) is 34.5. The first-order valence-electron chi connectivity index (χ1n) is 17.3. The van der Waals surface area contributed by atoms with Crippen molar-refractivity contribution in [1.82, 2.24) is 4.98 Å². The average molecular weight is 631 g/mol. The van der Waals surface area contributed by atoms with Crippen molar-refractivity contribution in [2.75, 3.05) is 4.90 Å². The van der Waals surface area contributed by atoms with E-state index in [1.807, 2.05) is 6.07 Å². The Morgan fingerprint density at radius 1 is 0.714 bits per heavy atom. The Morgan fingerprint density at radius 2 is 1.63 bits per heavy atom. The van der Waals surface area contributed by atoms with Gasteiger partial charge in [-0.15, -0.1) is 0 Å². The largest absolute Gasteiger partial charge is 0.456 e. The van der Waals surface area contributed by atoms with E-state index in [9.17, 15) is 0 Å². The van der Waals surface area contributed by atoms with Crippen molar-refractivity contribution in [2.45, 2.75) is 25.3 Å². The lowest BCUT2D eigenvalue weighted by Gasteiger charge is -2.38. The molecule has 0 amide bonds. The number of aromatic nitrogens is 1. The molecule has 0 saturated carbocycles. The number of hydrogen-bond donors (Lipinski definition) is 0. The van der Waals surface area contributed by atoms with Crippen LogP contribution in [0.5, 0.6) is 0 Å². The second-order valence-corrected chi connectivity index (χ2v) is 13.3. The quantitative estimate of drug-likeness (QED) is 0.194. The number of rotatable bonds is 4. The predicted molar refractivity (Wildman–Crippen MR) is 203 cm³/mol. The van der Waals surface area contributed by atoms with Gasteiger partial charge >= 0.3 is 0 Å². The number of benzene rings is 4. The molecule has 2 bridgehead atoms. The smallest absolute Gasteiger partial charge is 0.137 e. The van der Waals surface area contributed by atoms with E-state index in [2.05, 4.69) is 157 Å². The molecule has 3 heteroatoms. The highest BCUT2D eigenvalue weighted by Crippen LogP contribution is 2.44. The summed E-state index contributed by atoms with van der Waals surface area (Å²) in [6.45, 7) is 0. The zero-order valence-electron chi connectivity index (χ0n) is 27.1. The second-order valence-electron chi connectivity index (χ2n) is 13.3. The summed E-state index contributed by atoms with van der Waals surface area (Å²) in [5.41, 5.74) is 13.8. The Bertz CT molecular complexity index is 2530. The molecule has 0 N–H and O–H groups in total. The zero-order valence-corrected chi connectivity index (χ0v) is 27.1. The number of nitrogens with zero attached hydrogens (tertiary/aromatic N) is 2. The summed E-state index contributed by atoms with van der Waals surface area (Å²) in [5.74, 6) is 0.395. The molecule has 2 aromatic heterocycles. The van der Waals surface area contributed by atoms with Gasteiger partial charge in [0, 0.05) is 45.1 Å². The summed E-state index contributed by atoms with van der Waals surface area (Å²) in [7, 11) is 0. The van der Waals surface area contributed by atoms with Crippen molar-refractivity contribution in [2.24, 2.45) is 5.92 Å². The minimum Gasteiger partial charge on any atom is -0.456 e. The minimum atomic E-state index is 0.109. The van der Waals surface area contributed by atoms with Crippen LogP contribution in [-0.2, 0) is 0 Å².